The topological polar surface area (TPSA) is 52.6 Å². The molecule has 0 amide bonds. The Labute approximate surface area is 85.5 Å². The molecule has 0 unspecified atom stereocenters. The van der Waals surface area contributed by atoms with Gasteiger partial charge in [0.1, 0.15) is 6.10 Å². The molecule has 1 aliphatic rings. The van der Waals surface area contributed by atoms with Crippen LogP contribution in [0, 0.1) is 0 Å². The third-order valence-electron chi connectivity index (χ3n) is 2.03. The minimum absolute atomic E-state index is 0.140. The summed E-state index contributed by atoms with van der Waals surface area (Å²) in [5, 5.41) is 0. The number of hydrogen-bond donors (Lipinski definition) is 0. The molecule has 0 aliphatic heterocycles. The molecule has 0 aromatic heterocycles. The molecule has 0 heterocycles. The van der Waals surface area contributed by atoms with Crippen molar-refractivity contribution in [3.8, 4) is 0 Å². The molecule has 1 aliphatic carbocycles. The third kappa shape index (κ3) is 3.81. The van der Waals surface area contributed by atoms with Gasteiger partial charge in [-0.05, 0) is 19.3 Å². The molecule has 1 saturated carbocycles. The summed E-state index contributed by atoms with van der Waals surface area (Å²) in [7, 11) is 0. The molecule has 6 heteroatoms. The third-order valence-corrected chi connectivity index (χ3v) is 2.03. The second-order valence-corrected chi connectivity index (χ2v) is 3.51. The van der Waals surface area contributed by atoms with E-state index in [1.807, 2.05) is 0 Å². The van der Waals surface area contributed by atoms with Gasteiger partial charge in [-0.25, -0.2) is 9.59 Å². The van der Waals surface area contributed by atoms with Gasteiger partial charge in [-0.3, -0.25) is 0 Å². The van der Waals surface area contributed by atoms with Crippen LogP contribution in [0.25, 0.3) is 0 Å². The molecule has 1 rings (SSSR count). The van der Waals surface area contributed by atoms with E-state index in [0.29, 0.717) is 6.92 Å². The van der Waals surface area contributed by atoms with Crippen molar-refractivity contribution in [3.05, 3.63) is 0 Å². The van der Waals surface area contributed by atoms with Gasteiger partial charge in [-0.1, -0.05) is 0 Å². The molecule has 0 aromatic rings. The van der Waals surface area contributed by atoms with Gasteiger partial charge in [0.05, 0.1) is 0 Å². The highest BCUT2D eigenvalue weighted by molar-refractivity contribution is 5.80. The smallest absolute Gasteiger partial charge is 0.377 e. The van der Waals surface area contributed by atoms with Crippen LogP contribution in [0.5, 0.6) is 0 Å². The molecule has 0 N–H and O–H groups in total. The molecule has 0 atom stereocenters. The number of esters is 2. The van der Waals surface area contributed by atoms with E-state index in [1.54, 1.807) is 0 Å². The number of carbonyl (C=O) groups is 2. The first-order chi connectivity index (χ1) is 6.89. The molecule has 0 aromatic carbocycles. The number of ether oxygens (including phenoxy) is 2. The average Bonchev–Trinajstić information content (AvgIpc) is 2.05. The van der Waals surface area contributed by atoms with E-state index in [9.17, 15) is 18.4 Å². The van der Waals surface area contributed by atoms with Crippen molar-refractivity contribution < 1.29 is 27.8 Å². The number of halogens is 2. The number of rotatable bonds is 4. The second-order valence-electron chi connectivity index (χ2n) is 3.51. The van der Waals surface area contributed by atoms with Crippen LogP contribution in [0.3, 0.4) is 0 Å². The van der Waals surface area contributed by atoms with Crippen LogP contribution in [0.4, 0.5) is 8.78 Å². The van der Waals surface area contributed by atoms with Crippen molar-refractivity contribution in [1.82, 2.24) is 0 Å². The first kappa shape index (κ1) is 11.9. The molecular formula is C9H12F2O4. The molecule has 0 bridgehead atoms. The average molecular weight is 222 g/mol. The van der Waals surface area contributed by atoms with Crippen LogP contribution in [0.1, 0.15) is 26.2 Å². The Bertz CT molecular complexity index is 255. The van der Waals surface area contributed by atoms with Crippen LogP contribution in [-0.4, -0.2) is 30.6 Å². The fraction of sp³-hybridized carbons (Fsp3) is 0.778. The maximum atomic E-state index is 12.3. The lowest BCUT2D eigenvalue weighted by atomic mass is 9.96. The lowest BCUT2D eigenvalue weighted by molar-refractivity contribution is -0.178. The molecule has 4 nitrogen and oxygen atoms in total. The van der Waals surface area contributed by atoms with Crippen LogP contribution in [0.2, 0.25) is 0 Å². The fourth-order valence-corrected chi connectivity index (χ4v) is 0.960. The van der Waals surface area contributed by atoms with E-state index >= 15 is 0 Å². The van der Waals surface area contributed by atoms with E-state index in [0.717, 1.165) is 19.3 Å². The van der Waals surface area contributed by atoms with E-state index < -0.39 is 24.5 Å². The van der Waals surface area contributed by atoms with E-state index in [1.165, 1.54) is 0 Å². The zero-order valence-electron chi connectivity index (χ0n) is 8.29. The predicted molar refractivity (Wildman–Crippen MR) is 45.3 cm³/mol. The van der Waals surface area contributed by atoms with Gasteiger partial charge in [-0.2, -0.15) is 8.78 Å². The van der Waals surface area contributed by atoms with Gasteiger partial charge in [0.25, 0.3) is 0 Å². The maximum absolute atomic E-state index is 12.3. The Hall–Kier alpha value is -1.20. The van der Waals surface area contributed by atoms with E-state index in [4.69, 9.17) is 4.74 Å². The highest BCUT2D eigenvalue weighted by Gasteiger charge is 2.35. The van der Waals surface area contributed by atoms with Gasteiger partial charge in [0, 0.05) is 6.92 Å². The molecular weight excluding hydrogens is 210 g/mol. The van der Waals surface area contributed by atoms with Crippen molar-refractivity contribution in [2.45, 2.75) is 38.2 Å². The highest BCUT2D eigenvalue weighted by Crippen LogP contribution is 2.22. The van der Waals surface area contributed by atoms with Crippen molar-refractivity contribution in [1.29, 1.82) is 0 Å². The van der Waals surface area contributed by atoms with E-state index in [-0.39, 0.29) is 6.10 Å². The Morgan fingerprint density at radius 2 is 2.00 bits per heavy atom. The fourth-order valence-electron chi connectivity index (χ4n) is 0.960. The van der Waals surface area contributed by atoms with Crippen molar-refractivity contribution in [2.75, 3.05) is 6.61 Å². The number of hydrogen-bond acceptors (Lipinski definition) is 4. The normalized spacial score (nSPS) is 16.7. The molecule has 0 radical (unpaired) electrons. The van der Waals surface area contributed by atoms with Gasteiger partial charge in [0.2, 0.25) is 0 Å². The number of alkyl halides is 2. The van der Waals surface area contributed by atoms with Crippen LogP contribution >= 0.6 is 0 Å². The van der Waals surface area contributed by atoms with Crippen molar-refractivity contribution >= 4 is 11.9 Å². The standard InChI is InChI=1S/C9H12F2O4/c1-9(10,11)8(13)14-5-7(12)15-6-3-2-4-6/h6H,2-5H2,1H3. The van der Waals surface area contributed by atoms with Gasteiger partial charge < -0.3 is 9.47 Å². The molecule has 15 heavy (non-hydrogen) atoms. The Morgan fingerprint density at radius 1 is 1.40 bits per heavy atom. The van der Waals surface area contributed by atoms with Crippen molar-refractivity contribution in [2.24, 2.45) is 0 Å². The maximum Gasteiger partial charge on any atom is 0.377 e. The Kier molecular flexibility index (Phi) is 3.60. The predicted octanol–water partition coefficient (Wildman–Crippen LogP) is 1.28. The number of carbonyl (C=O) groups excluding carboxylic acids is 2. The lowest BCUT2D eigenvalue weighted by Crippen LogP contribution is -2.32. The van der Waals surface area contributed by atoms with Crippen LogP contribution in [0.15, 0.2) is 0 Å². The summed E-state index contributed by atoms with van der Waals surface area (Å²) in [6.07, 6.45) is 2.41. The minimum atomic E-state index is -3.57. The quantitative estimate of drug-likeness (QED) is 0.672. The Balaban J connectivity index is 2.18. The van der Waals surface area contributed by atoms with Gasteiger partial charge in [-0.15, -0.1) is 0 Å². The Morgan fingerprint density at radius 3 is 2.40 bits per heavy atom. The van der Waals surface area contributed by atoms with Crippen LogP contribution in [-0.2, 0) is 19.1 Å². The molecule has 86 valence electrons. The zero-order chi connectivity index (χ0) is 11.5. The first-order valence-electron chi connectivity index (χ1n) is 4.64. The monoisotopic (exact) mass is 222 g/mol. The first-order valence-corrected chi connectivity index (χ1v) is 4.64. The van der Waals surface area contributed by atoms with E-state index in [2.05, 4.69) is 4.74 Å². The molecule has 1 fully saturated rings. The lowest BCUT2D eigenvalue weighted by Gasteiger charge is -2.25. The largest absolute Gasteiger partial charge is 0.460 e. The van der Waals surface area contributed by atoms with Crippen LogP contribution < -0.4 is 0 Å². The summed E-state index contributed by atoms with van der Waals surface area (Å²) in [6.45, 7) is -0.342. The van der Waals surface area contributed by atoms with Gasteiger partial charge >= 0.3 is 17.9 Å². The van der Waals surface area contributed by atoms with Gasteiger partial charge in [0.15, 0.2) is 6.61 Å². The summed E-state index contributed by atoms with van der Waals surface area (Å²) >= 11 is 0. The minimum Gasteiger partial charge on any atom is -0.460 e. The SMILES string of the molecule is CC(F)(F)C(=O)OCC(=O)OC1CCC1. The second kappa shape index (κ2) is 4.55. The summed E-state index contributed by atoms with van der Waals surface area (Å²) < 4.78 is 33.4. The van der Waals surface area contributed by atoms with Crippen molar-refractivity contribution in [3.63, 3.8) is 0 Å². The summed E-state index contributed by atoms with van der Waals surface area (Å²) in [6, 6.07) is 0. The molecule has 0 saturated heterocycles. The zero-order valence-corrected chi connectivity index (χ0v) is 8.29. The summed E-state index contributed by atoms with van der Waals surface area (Å²) in [4.78, 5) is 21.5. The molecule has 0 spiro atoms. The highest BCUT2D eigenvalue weighted by atomic mass is 19.3. The summed E-state index contributed by atoms with van der Waals surface area (Å²) in [5.41, 5.74) is 0. The summed E-state index contributed by atoms with van der Waals surface area (Å²) in [5.74, 6) is -6.07.